The first kappa shape index (κ1) is 66.2. The Hall–Kier alpha value is -10.4. The summed E-state index contributed by atoms with van der Waals surface area (Å²) in [5, 5.41) is 33.3. The molecule has 0 spiro atoms. The number of carboxylic acids is 1. The van der Waals surface area contributed by atoms with E-state index in [0.29, 0.717) is 55.2 Å². The number of alkyl halides is 11. The van der Waals surface area contributed by atoms with E-state index < -0.39 is 61.4 Å². The molecule has 89 heavy (non-hydrogen) atoms. The molecule has 466 valence electrons. The number of amides is 2. The number of carboxylic acid groups (broad SMARTS) is 1. The second-order valence-corrected chi connectivity index (χ2v) is 18.3. The van der Waals surface area contributed by atoms with Crippen molar-refractivity contribution in [2.24, 2.45) is 5.73 Å². The van der Waals surface area contributed by atoms with Gasteiger partial charge in [0.15, 0.2) is 0 Å². The molecular formula is C63H54F13N9O4. The maximum absolute atomic E-state index is 13.2. The minimum Gasteiger partial charge on any atom is -0.478 e. The normalized spacial score (nSPS) is 11.1. The van der Waals surface area contributed by atoms with Crippen molar-refractivity contribution in [2.75, 3.05) is 14.3 Å². The summed E-state index contributed by atoms with van der Waals surface area (Å²) in [6.45, 7) is 2.02. The Balaban J connectivity index is 0.000000216. The molecular weight excluding hydrogens is 1190 g/mol. The molecule has 0 atom stereocenters. The molecule has 2 amide bonds. The number of aromatic amines is 2. The Labute approximate surface area is 501 Å². The van der Waals surface area contributed by atoms with Crippen LogP contribution in [0.15, 0.2) is 195 Å². The van der Waals surface area contributed by atoms with Gasteiger partial charge in [0.05, 0.1) is 91.3 Å². The van der Waals surface area contributed by atoms with Crippen LogP contribution in [-0.2, 0) is 38.2 Å². The van der Waals surface area contributed by atoms with E-state index in [1.54, 1.807) is 89.6 Å². The number of hydrogen-bond donors (Lipinski definition) is 6. The molecule has 0 saturated heterocycles. The summed E-state index contributed by atoms with van der Waals surface area (Å²) >= 11 is 0. The number of benzene rings is 8. The highest BCUT2D eigenvalue weighted by molar-refractivity contribution is 6.07. The van der Waals surface area contributed by atoms with Gasteiger partial charge in [0, 0.05) is 35.8 Å². The maximum atomic E-state index is 13.2. The van der Waals surface area contributed by atoms with Gasteiger partial charge < -0.3 is 21.5 Å². The maximum Gasteiger partial charge on any atom is 0.416 e. The smallest absolute Gasteiger partial charge is 0.416 e. The van der Waals surface area contributed by atoms with Crippen molar-refractivity contribution < 1.29 is 79.3 Å². The first-order chi connectivity index (χ1) is 43.2. The number of halogens is 13. The third-order valence-electron chi connectivity index (χ3n) is 12.3. The quantitative estimate of drug-likeness (QED) is 0.0768. The monoisotopic (exact) mass is 1250 g/mol. The molecule has 26 heteroatoms. The van der Waals surface area contributed by atoms with Gasteiger partial charge >= 0.3 is 24.5 Å². The molecule has 13 nitrogen and oxygen atoms in total. The number of aryl methyl sites for hydroxylation is 1. The summed E-state index contributed by atoms with van der Waals surface area (Å²) < 4.78 is 171. The predicted molar refractivity (Wildman–Crippen MR) is 310 cm³/mol. The van der Waals surface area contributed by atoms with E-state index in [4.69, 9.17) is 13.6 Å². The Kier molecular flexibility index (Phi) is 24.1. The van der Waals surface area contributed by atoms with Gasteiger partial charge in [-0.25, -0.2) is 18.3 Å². The molecule has 3 aromatic heterocycles. The largest absolute Gasteiger partial charge is 0.478 e. The fourth-order valence-electron chi connectivity index (χ4n) is 8.04. The zero-order chi connectivity index (χ0) is 66.9. The number of nitrogens with zero attached hydrogens (tertiary/aromatic N) is 4. The van der Waals surface area contributed by atoms with Gasteiger partial charge in [0.25, 0.3) is 11.8 Å². The molecule has 0 aliphatic carbocycles. The zero-order valence-corrected chi connectivity index (χ0v) is 46.5. The van der Waals surface area contributed by atoms with Crippen molar-refractivity contribution in [2.45, 2.75) is 45.1 Å². The highest BCUT2D eigenvalue weighted by Gasteiger charge is 2.32. The summed E-state index contributed by atoms with van der Waals surface area (Å²) in [6.07, 6.45) is -8.54. The molecule has 0 bridgehead atoms. The van der Waals surface area contributed by atoms with E-state index in [0.717, 1.165) is 53.0 Å². The van der Waals surface area contributed by atoms with E-state index in [1.807, 2.05) is 6.92 Å². The number of nitrogens with one attached hydrogen (secondary N) is 4. The van der Waals surface area contributed by atoms with E-state index in [1.165, 1.54) is 73.2 Å². The van der Waals surface area contributed by atoms with E-state index in [-0.39, 0.29) is 42.7 Å². The minimum atomic E-state index is -4.44. The van der Waals surface area contributed by atoms with Gasteiger partial charge in [0.2, 0.25) is 0 Å². The van der Waals surface area contributed by atoms with Crippen LogP contribution in [0.4, 0.5) is 57.1 Å². The van der Waals surface area contributed by atoms with Crippen molar-refractivity contribution >= 4 is 50.5 Å². The molecule has 0 fully saturated rings. The van der Waals surface area contributed by atoms with Crippen LogP contribution in [0.1, 0.15) is 72.8 Å². The van der Waals surface area contributed by atoms with Gasteiger partial charge in [-0.15, -0.1) is 0 Å². The van der Waals surface area contributed by atoms with Crippen LogP contribution in [0, 0.1) is 18.6 Å². The third kappa shape index (κ3) is 20.1. The molecule has 7 N–H and O–H groups in total. The molecule has 0 aliphatic heterocycles. The highest BCUT2D eigenvalue weighted by Crippen LogP contribution is 2.32. The lowest BCUT2D eigenvalue weighted by Gasteiger charge is -2.10. The van der Waals surface area contributed by atoms with Crippen LogP contribution in [0.3, 0.4) is 0 Å². The first-order valence-corrected chi connectivity index (χ1v) is 25.7. The lowest BCUT2D eigenvalue weighted by molar-refractivity contribution is -0.138. The van der Waals surface area contributed by atoms with Crippen LogP contribution in [0.2, 0.25) is 0 Å². The second-order valence-electron chi connectivity index (χ2n) is 18.3. The van der Waals surface area contributed by atoms with Crippen molar-refractivity contribution in [1.29, 1.82) is 0 Å². The fraction of sp³-hybridized carbons (Fsp3) is 0.143. The highest BCUT2D eigenvalue weighted by atomic mass is 19.4. The topological polar surface area (TPSA) is 197 Å². The molecule has 0 aliphatic rings. The number of H-pyrrole nitrogens is 2. The summed E-state index contributed by atoms with van der Waals surface area (Å²) in [5.41, 5.74) is 9.13. The number of aromatic carboxylic acids is 1. The molecule has 3 heterocycles. The standard InChI is InChI=1S/C22H15F4N3O.C16H12F3N3O.C8H8F3N.C8H6N2O2.C7H7F.2CH3F/c23-16-7-9-17(10-8-16)29-20-6-2-5-18(19(20)13-28-29)21(30)27-12-14-3-1-4-15(11-14)22(24,25)26;17-16(18,19)11-4-1-3-10(7-11)8-20-15(23)12-5-2-6-14-13(12)9-21-22-14;9-8(10,11)7-3-1-2-6(4-7)5-12;11-8(12)5-2-1-3-7-6(5)4-9-10-7;1-6-2-4-7(8)5-3-6;2*1-2/h1-11,13H,12H2,(H,27,30);1-7,9H,8H2,(H,20,23)(H,21,22);1-4H,5,12H2;1-4H,(H,9,10)(H,11,12);2-5H,1H3;2*1H3/i;;;;;2*1D. The Morgan fingerprint density at radius 1 is 0.528 bits per heavy atom. The van der Waals surface area contributed by atoms with Gasteiger partial charge in [-0.05, 0) is 127 Å². The molecule has 8 aromatic carbocycles. The number of fused-ring (bicyclic) bond motifs is 3. The van der Waals surface area contributed by atoms with Gasteiger partial charge in [-0.3, -0.25) is 28.6 Å². The van der Waals surface area contributed by atoms with Crippen molar-refractivity contribution in [3.8, 4) is 5.69 Å². The molecule has 0 radical (unpaired) electrons. The van der Waals surface area contributed by atoms with Crippen molar-refractivity contribution in [3.63, 3.8) is 0 Å². The zero-order valence-electron chi connectivity index (χ0n) is 48.5. The van der Waals surface area contributed by atoms with Crippen molar-refractivity contribution in [1.82, 2.24) is 40.8 Å². The number of hydrogen-bond acceptors (Lipinski definition) is 7. The molecule has 0 unspecified atom stereocenters. The molecule has 11 rings (SSSR count). The lowest BCUT2D eigenvalue weighted by atomic mass is 10.1. The third-order valence-corrected chi connectivity index (χ3v) is 12.3. The van der Waals surface area contributed by atoms with Gasteiger partial charge in [-0.1, -0.05) is 78.4 Å². The Bertz CT molecular complexity index is 4080. The van der Waals surface area contributed by atoms with Gasteiger partial charge in [-0.2, -0.15) is 54.8 Å². The first-order valence-electron chi connectivity index (χ1n) is 27.1. The van der Waals surface area contributed by atoms with Crippen LogP contribution in [0.5, 0.6) is 0 Å². The Morgan fingerprint density at radius 3 is 1.34 bits per heavy atom. The summed E-state index contributed by atoms with van der Waals surface area (Å²) in [7, 11) is -2.00. The predicted octanol–water partition coefficient (Wildman–Crippen LogP) is 15.4. The molecule has 11 aromatic rings. The summed E-state index contributed by atoms with van der Waals surface area (Å²) in [4.78, 5) is 35.6. The van der Waals surface area contributed by atoms with Crippen LogP contribution < -0.4 is 16.4 Å². The van der Waals surface area contributed by atoms with Gasteiger partial charge in [0.1, 0.15) is 11.6 Å². The van der Waals surface area contributed by atoms with Crippen LogP contribution in [-0.4, -0.2) is 67.4 Å². The summed E-state index contributed by atoms with van der Waals surface area (Å²) in [6, 6.07) is 42.1. The average Bonchev–Trinajstić information content (AvgIpc) is 1.71. The fourth-order valence-corrected chi connectivity index (χ4v) is 8.04. The van der Waals surface area contributed by atoms with E-state index in [9.17, 15) is 71.5 Å². The van der Waals surface area contributed by atoms with Crippen LogP contribution in [0.25, 0.3) is 38.4 Å². The number of rotatable bonds is 9. The number of aromatic nitrogens is 6. The Morgan fingerprint density at radius 2 is 0.910 bits per heavy atom. The second kappa shape index (κ2) is 32.4. The lowest BCUT2D eigenvalue weighted by Crippen LogP contribution is -2.23. The summed E-state index contributed by atoms with van der Waals surface area (Å²) in [5.74, 6) is -2.27. The average molecular weight is 1250 g/mol. The van der Waals surface area contributed by atoms with E-state index >= 15 is 0 Å². The SMILES string of the molecule is Cc1ccc(F)cc1.NCc1cccc(C(F)(F)F)c1.O=C(NCc1cccc(C(F)(F)F)c1)c1cccc2[nH]ncc12.O=C(NCc1cccc(C(F)(F)F)c1)c1cccc2c1cnn2-c1ccc(F)cc1.O=C(O)c1cccc2[nH]ncc12.[2H]CF.[2H]CF. The minimum absolute atomic E-state index is 0.0109. The number of nitrogens with two attached hydrogens (primary N) is 1. The van der Waals surface area contributed by atoms with E-state index in [2.05, 4.69) is 36.1 Å². The van der Waals surface area contributed by atoms with Crippen LogP contribution >= 0.6 is 0 Å². The van der Waals surface area contributed by atoms with Crippen molar-refractivity contribution in [3.05, 3.63) is 262 Å². The molecule has 0 saturated carbocycles. The number of carbonyl (C=O) groups is 3. The number of carbonyl (C=O) groups excluding carboxylic acids is 2.